The van der Waals surface area contributed by atoms with Crippen LogP contribution in [0.1, 0.15) is 45.1 Å². The molecule has 12 heteroatoms. The number of hydrogen-bond donors (Lipinski definition) is 2. The number of likely N-dealkylation sites (tertiary alicyclic amines) is 1. The molecule has 212 valence electrons. The van der Waals surface area contributed by atoms with Crippen LogP contribution in [0.3, 0.4) is 0 Å². The average Bonchev–Trinajstić information content (AvgIpc) is 3.47. The van der Waals surface area contributed by atoms with Crippen molar-refractivity contribution in [2.24, 2.45) is 10.7 Å². The molecule has 0 atom stereocenters. The van der Waals surface area contributed by atoms with Gasteiger partial charge in [-0.2, -0.15) is 18.2 Å². The lowest BCUT2D eigenvalue weighted by atomic mass is 10.0. The molecule has 1 aliphatic heterocycles. The molecule has 1 aliphatic rings. The van der Waals surface area contributed by atoms with E-state index in [0.717, 1.165) is 31.6 Å². The maximum atomic E-state index is 13.7. The van der Waals surface area contributed by atoms with E-state index < -0.39 is 12.6 Å². The molecule has 0 unspecified atom stereocenters. The van der Waals surface area contributed by atoms with Crippen LogP contribution in [0, 0.1) is 0 Å². The molecule has 1 saturated heterocycles. The smallest absolute Gasteiger partial charge is 0.393 e. The summed E-state index contributed by atoms with van der Waals surface area (Å²) in [6.45, 7) is 7.45. The van der Waals surface area contributed by atoms with Crippen LogP contribution < -0.4 is 11.1 Å². The molecule has 1 aromatic carbocycles. The summed E-state index contributed by atoms with van der Waals surface area (Å²) in [6, 6.07) is 5.48. The van der Waals surface area contributed by atoms with Gasteiger partial charge >= 0.3 is 6.18 Å². The fourth-order valence-corrected chi connectivity index (χ4v) is 5.72. The van der Waals surface area contributed by atoms with Crippen molar-refractivity contribution in [2.75, 3.05) is 31.6 Å². The summed E-state index contributed by atoms with van der Waals surface area (Å²) in [7, 11) is 0. The Kier molecular flexibility index (Phi) is 8.95. The molecule has 3 N–H and O–H groups in total. The Balaban J connectivity index is 1.63. The van der Waals surface area contributed by atoms with Crippen molar-refractivity contribution in [3.8, 4) is 10.7 Å². The standard InChI is InChI=1S/C27H34F4N6OS/c1-26(2,3)33-16-17(15-32)13-22-35-25(36-38-22)24-20(14-27(29,30)31)19-5-4-6-21(23(19)39-24)34-18-7-10-37(11-8-18)12-9-28/h4-6,15-16,18,34H,7-14,32H2,1-3H3/b17-15-,33-16?. The van der Waals surface area contributed by atoms with E-state index in [9.17, 15) is 17.6 Å². The van der Waals surface area contributed by atoms with Crippen molar-refractivity contribution < 1.29 is 22.1 Å². The summed E-state index contributed by atoms with van der Waals surface area (Å²) in [5.41, 5.74) is 6.98. The summed E-state index contributed by atoms with van der Waals surface area (Å²) in [5, 5.41) is 8.06. The minimum atomic E-state index is -4.42. The number of piperidine rings is 1. The zero-order valence-corrected chi connectivity index (χ0v) is 23.1. The summed E-state index contributed by atoms with van der Waals surface area (Å²) in [4.78, 5) is 11.3. The highest BCUT2D eigenvalue weighted by Gasteiger charge is 2.33. The van der Waals surface area contributed by atoms with E-state index >= 15 is 0 Å². The summed E-state index contributed by atoms with van der Waals surface area (Å²) < 4.78 is 59.8. The molecule has 39 heavy (non-hydrogen) atoms. The lowest BCUT2D eigenvalue weighted by molar-refractivity contribution is -0.126. The van der Waals surface area contributed by atoms with E-state index in [0.29, 0.717) is 27.1 Å². The maximum absolute atomic E-state index is 13.7. The number of aliphatic imine (C=N–C) groups is 1. The molecule has 3 heterocycles. The molecule has 0 spiro atoms. The van der Waals surface area contributed by atoms with Crippen molar-refractivity contribution in [1.82, 2.24) is 15.0 Å². The minimum Gasteiger partial charge on any atom is -0.404 e. The predicted octanol–water partition coefficient (Wildman–Crippen LogP) is 6.16. The molecule has 4 rings (SSSR count). The highest BCUT2D eigenvalue weighted by Crippen LogP contribution is 2.43. The lowest BCUT2D eigenvalue weighted by Crippen LogP contribution is -2.40. The molecule has 0 aliphatic carbocycles. The SMILES string of the molecule is CC(C)(C)N=C/C(=C\N)Cc1nc(-c2sc3c(NC4CCN(CCF)CC4)cccc3c2CC(F)(F)F)no1. The van der Waals surface area contributed by atoms with Gasteiger partial charge in [0.2, 0.25) is 11.7 Å². The highest BCUT2D eigenvalue weighted by molar-refractivity contribution is 7.23. The molecule has 0 bridgehead atoms. The zero-order chi connectivity index (χ0) is 28.2. The van der Waals surface area contributed by atoms with E-state index in [1.54, 1.807) is 18.3 Å². The van der Waals surface area contributed by atoms with Gasteiger partial charge in [-0.15, -0.1) is 11.3 Å². The van der Waals surface area contributed by atoms with Crippen LogP contribution in [0.2, 0.25) is 0 Å². The van der Waals surface area contributed by atoms with E-state index in [1.165, 1.54) is 17.5 Å². The molecule has 1 fully saturated rings. The summed E-state index contributed by atoms with van der Waals surface area (Å²) in [6.07, 6.45) is -0.631. The predicted molar refractivity (Wildman–Crippen MR) is 148 cm³/mol. The molecule has 0 radical (unpaired) electrons. The Hall–Kier alpha value is -2.99. The number of halogens is 4. The number of nitrogens with two attached hydrogens (primary N) is 1. The number of hydrogen-bond acceptors (Lipinski definition) is 8. The molecule has 3 aromatic rings. The molecule has 0 amide bonds. The number of alkyl halides is 4. The number of nitrogens with zero attached hydrogens (tertiary/aromatic N) is 4. The third-order valence-electron chi connectivity index (χ3n) is 6.40. The van der Waals surface area contributed by atoms with E-state index in [2.05, 4.69) is 25.3 Å². The second kappa shape index (κ2) is 12.0. The number of benzene rings is 1. The first-order valence-electron chi connectivity index (χ1n) is 12.9. The highest BCUT2D eigenvalue weighted by atomic mass is 32.1. The van der Waals surface area contributed by atoms with Crippen LogP contribution >= 0.6 is 11.3 Å². The number of allylic oxidation sites excluding steroid dienone is 1. The number of rotatable bonds is 9. The Morgan fingerprint density at radius 2 is 2.00 bits per heavy atom. The zero-order valence-electron chi connectivity index (χ0n) is 22.3. The van der Waals surface area contributed by atoms with Gasteiger partial charge in [-0.05, 0) is 62.4 Å². The average molecular weight is 567 g/mol. The Morgan fingerprint density at radius 3 is 2.64 bits per heavy atom. The van der Waals surface area contributed by atoms with Crippen LogP contribution in [0.4, 0.5) is 23.2 Å². The lowest BCUT2D eigenvalue weighted by Gasteiger charge is -2.32. The van der Waals surface area contributed by atoms with Crippen LogP contribution in [0.15, 0.2) is 39.5 Å². The number of fused-ring (bicyclic) bond motifs is 1. The molecule has 7 nitrogen and oxygen atoms in total. The Bertz CT molecular complexity index is 1320. The van der Waals surface area contributed by atoms with Gasteiger partial charge in [0.05, 0.1) is 33.6 Å². The van der Waals surface area contributed by atoms with Crippen molar-refractivity contribution in [1.29, 1.82) is 0 Å². The molecular formula is C27H34F4N6OS. The van der Waals surface area contributed by atoms with Crippen LogP contribution in [0.25, 0.3) is 20.8 Å². The molecule has 2 aromatic heterocycles. The van der Waals surface area contributed by atoms with E-state index in [-0.39, 0.29) is 42.0 Å². The normalized spacial score (nSPS) is 16.5. The van der Waals surface area contributed by atoms with Crippen molar-refractivity contribution in [2.45, 2.75) is 64.2 Å². The fraction of sp³-hybridized carbons (Fsp3) is 0.519. The van der Waals surface area contributed by atoms with Crippen LogP contribution in [0.5, 0.6) is 0 Å². The van der Waals surface area contributed by atoms with Gasteiger partial charge in [0, 0.05) is 31.9 Å². The van der Waals surface area contributed by atoms with E-state index in [4.69, 9.17) is 10.3 Å². The monoisotopic (exact) mass is 566 g/mol. The first-order valence-corrected chi connectivity index (χ1v) is 13.7. The maximum Gasteiger partial charge on any atom is 0.393 e. The van der Waals surface area contributed by atoms with Gasteiger partial charge in [0.15, 0.2) is 0 Å². The second-order valence-electron chi connectivity index (χ2n) is 10.7. The van der Waals surface area contributed by atoms with Crippen molar-refractivity contribution in [3.05, 3.63) is 41.4 Å². The topological polar surface area (TPSA) is 92.6 Å². The third-order valence-corrected chi connectivity index (χ3v) is 7.68. The van der Waals surface area contributed by atoms with Gasteiger partial charge in [-0.25, -0.2) is 4.39 Å². The molecule has 0 saturated carbocycles. The van der Waals surface area contributed by atoms with Gasteiger partial charge < -0.3 is 20.5 Å². The minimum absolute atomic E-state index is 0.111. The molecular weight excluding hydrogens is 532 g/mol. The van der Waals surface area contributed by atoms with Crippen LogP contribution in [-0.4, -0.2) is 65.3 Å². The number of anilines is 1. The van der Waals surface area contributed by atoms with Gasteiger partial charge in [-0.3, -0.25) is 4.99 Å². The Morgan fingerprint density at radius 1 is 1.26 bits per heavy atom. The van der Waals surface area contributed by atoms with Crippen molar-refractivity contribution >= 4 is 33.3 Å². The first kappa shape index (κ1) is 29.0. The number of aromatic nitrogens is 2. The Labute approximate surface area is 229 Å². The summed E-state index contributed by atoms with van der Waals surface area (Å²) in [5.74, 6) is 0.343. The third kappa shape index (κ3) is 7.78. The van der Waals surface area contributed by atoms with Gasteiger partial charge in [0.1, 0.15) is 6.67 Å². The fourth-order valence-electron chi connectivity index (χ4n) is 4.50. The van der Waals surface area contributed by atoms with Crippen molar-refractivity contribution in [3.63, 3.8) is 0 Å². The quantitative estimate of drug-likeness (QED) is 0.238. The number of nitrogens with one attached hydrogen (secondary N) is 1. The summed E-state index contributed by atoms with van der Waals surface area (Å²) >= 11 is 1.22. The number of thiophene rings is 1. The van der Waals surface area contributed by atoms with E-state index in [1.807, 2.05) is 26.8 Å². The largest absolute Gasteiger partial charge is 0.404 e. The second-order valence-corrected chi connectivity index (χ2v) is 11.7. The first-order chi connectivity index (χ1) is 18.5. The van der Waals surface area contributed by atoms with Gasteiger partial charge in [-0.1, -0.05) is 17.3 Å². The van der Waals surface area contributed by atoms with Crippen LogP contribution in [-0.2, 0) is 12.8 Å². The van der Waals surface area contributed by atoms with Gasteiger partial charge in [0.25, 0.3) is 0 Å².